The zero-order valence-corrected chi connectivity index (χ0v) is 9.92. The number of methoxy groups -OCH3 is 1. The number of anilines is 1. The van der Waals surface area contributed by atoms with Crippen LogP contribution in [0.25, 0.3) is 0 Å². The van der Waals surface area contributed by atoms with E-state index < -0.39 is 0 Å². The van der Waals surface area contributed by atoms with Gasteiger partial charge in [0.25, 0.3) is 0 Å². The molecule has 0 aromatic carbocycles. The van der Waals surface area contributed by atoms with Crippen LogP contribution < -0.4 is 10.5 Å². The lowest BCUT2D eigenvalue weighted by molar-refractivity contribution is 0.397. The average Bonchev–Trinajstić information content (AvgIpc) is 2.75. The van der Waals surface area contributed by atoms with Crippen molar-refractivity contribution >= 4 is 5.95 Å². The lowest BCUT2D eigenvalue weighted by atomic mass is 10.3. The molecule has 0 aliphatic heterocycles. The van der Waals surface area contributed by atoms with Crippen molar-refractivity contribution in [3.63, 3.8) is 0 Å². The molecule has 2 aromatic heterocycles. The summed E-state index contributed by atoms with van der Waals surface area (Å²) >= 11 is 0. The lowest BCUT2D eigenvalue weighted by Gasteiger charge is -2.06. The Morgan fingerprint density at radius 3 is 2.94 bits per heavy atom. The van der Waals surface area contributed by atoms with Crippen LogP contribution >= 0.6 is 0 Å². The Bertz CT molecular complexity index is 508. The van der Waals surface area contributed by atoms with Gasteiger partial charge in [0.1, 0.15) is 5.82 Å². The topological polar surface area (TPSA) is 78.8 Å². The molecule has 6 heteroatoms. The van der Waals surface area contributed by atoms with Crippen molar-refractivity contribution in [3.8, 4) is 5.88 Å². The van der Waals surface area contributed by atoms with E-state index in [-0.39, 0.29) is 5.95 Å². The monoisotopic (exact) mass is 233 g/mol. The van der Waals surface area contributed by atoms with E-state index in [1.54, 1.807) is 19.4 Å². The Labute approximate surface area is 99.5 Å². The van der Waals surface area contributed by atoms with Crippen LogP contribution in [0.3, 0.4) is 0 Å². The van der Waals surface area contributed by atoms with Crippen molar-refractivity contribution in [1.29, 1.82) is 0 Å². The molecule has 0 atom stereocenters. The van der Waals surface area contributed by atoms with Gasteiger partial charge in [-0.2, -0.15) is 4.98 Å². The highest BCUT2D eigenvalue weighted by molar-refractivity contribution is 5.27. The molecule has 0 fully saturated rings. The third kappa shape index (κ3) is 2.52. The number of hydrogen-bond donors (Lipinski definition) is 1. The van der Waals surface area contributed by atoms with Gasteiger partial charge in [0.15, 0.2) is 0 Å². The number of aromatic nitrogens is 4. The van der Waals surface area contributed by atoms with Crippen LogP contribution in [0.4, 0.5) is 5.95 Å². The fourth-order valence-electron chi connectivity index (χ4n) is 1.64. The summed E-state index contributed by atoms with van der Waals surface area (Å²) in [6.45, 7) is 2.95. The maximum atomic E-state index is 5.61. The lowest BCUT2D eigenvalue weighted by Crippen LogP contribution is -2.06. The van der Waals surface area contributed by atoms with Gasteiger partial charge in [-0.1, -0.05) is 0 Å². The summed E-state index contributed by atoms with van der Waals surface area (Å²) in [5, 5.41) is 0. The van der Waals surface area contributed by atoms with E-state index in [9.17, 15) is 0 Å². The normalized spacial score (nSPS) is 10.5. The minimum atomic E-state index is 0.217. The molecule has 2 heterocycles. The molecule has 2 rings (SSSR count). The summed E-state index contributed by atoms with van der Waals surface area (Å²) in [5.41, 5.74) is 6.41. The van der Waals surface area contributed by atoms with Crippen LogP contribution in [0, 0.1) is 0 Å². The Kier molecular flexibility index (Phi) is 3.22. The largest absolute Gasteiger partial charge is 0.481 e. The van der Waals surface area contributed by atoms with Crippen LogP contribution in [0.15, 0.2) is 18.5 Å². The highest BCUT2D eigenvalue weighted by atomic mass is 16.5. The number of hydrogen-bond acceptors (Lipinski definition) is 5. The van der Waals surface area contributed by atoms with Crippen LogP contribution in [-0.2, 0) is 13.0 Å². The molecule has 2 aromatic rings. The minimum Gasteiger partial charge on any atom is -0.481 e. The first-order chi connectivity index (χ1) is 8.22. The van der Waals surface area contributed by atoms with Crippen molar-refractivity contribution in [2.75, 3.05) is 12.8 Å². The van der Waals surface area contributed by atoms with Crippen molar-refractivity contribution in [3.05, 3.63) is 30.0 Å². The number of imidazole rings is 1. The number of nitrogen functional groups attached to an aromatic ring is 1. The second kappa shape index (κ2) is 4.82. The van der Waals surface area contributed by atoms with Gasteiger partial charge < -0.3 is 15.0 Å². The van der Waals surface area contributed by atoms with Crippen molar-refractivity contribution < 1.29 is 4.74 Å². The number of nitrogens with zero attached hydrogens (tertiary/aromatic N) is 4. The SMILES string of the molecule is CCn1ccnc1Cc1cc(OC)nc(N)n1. The summed E-state index contributed by atoms with van der Waals surface area (Å²) in [6, 6.07) is 1.77. The van der Waals surface area contributed by atoms with Gasteiger partial charge in [-0.15, -0.1) is 0 Å². The van der Waals surface area contributed by atoms with Gasteiger partial charge in [-0.05, 0) is 6.92 Å². The molecule has 0 radical (unpaired) electrons. The molecule has 0 amide bonds. The van der Waals surface area contributed by atoms with Gasteiger partial charge >= 0.3 is 0 Å². The summed E-state index contributed by atoms with van der Waals surface area (Å²) in [5.74, 6) is 1.64. The fourth-order valence-corrected chi connectivity index (χ4v) is 1.64. The van der Waals surface area contributed by atoms with Crippen LogP contribution in [0.1, 0.15) is 18.4 Å². The molecule has 0 spiro atoms. The number of aryl methyl sites for hydroxylation is 1. The van der Waals surface area contributed by atoms with Gasteiger partial charge in [-0.25, -0.2) is 9.97 Å². The van der Waals surface area contributed by atoms with E-state index in [1.807, 2.05) is 6.20 Å². The zero-order valence-electron chi connectivity index (χ0n) is 9.92. The van der Waals surface area contributed by atoms with Crippen molar-refractivity contribution in [2.24, 2.45) is 0 Å². The van der Waals surface area contributed by atoms with E-state index in [2.05, 4.69) is 26.4 Å². The van der Waals surface area contributed by atoms with Gasteiger partial charge in [0.2, 0.25) is 11.8 Å². The van der Waals surface area contributed by atoms with Gasteiger partial charge in [-0.3, -0.25) is 0 Å². The Morgan fingerprint density at radius 2 is 2.24 bits per heavy atom. The maximum Gasteiger partial charge on any atom is 0.223 e. The Morgan fingerprint density at radius 1 is 1.41 bits per heavy atom. The first-order valence-electron chi connectivity index (χ1n) is 5.40. The number of ether oxygens (including phenoxy) is 1. The molecule has 0 unspecified atom stereocenters. The first-order valence-corrected chi connectivity index (χ1v) is 5.40. The summed E-state index contributed by atoms with van der Waals surface area (Å²) in [7, 11) is 1.55. The van der Waals surface area contributed by atoms with Crippen molar-refractivity contribution in [1.82, 2.24) is 19.5 Å². The van der Waals surface area contributed by atoms with E-state index in [4.69, 9.17) is 10.5 Å². The standard InChI is InChI=1S/C11H15N5O/c1-3-16-5-4-13-9(16)6-8-7-10(17-2)15-11(12)14-8/h4-5,7H,3,6H2,1-2H3,(H2,12,14,15). The molecule has 0 aliphatic carbocycles. The van der Waals surface area contributed by atoms with E-state index >= 15 is 0 Å². The molecule has 0 aliphatic rings. The molecule has 17 heavy (non-hydrogen) atoms. The summed E-state index contributed by atoms with van der Waals surface area (Å²) < 4.78 is 7.11. The van der Waals surface area contributed by atoms with E-state index in [1.165, 1.54) is 0 Å². The predicted octanol–water partition coefficient (Wildman–Crippen LogP) is 0.875. The summed E-state index contributed by atoms with van der Waals surface area (Å²) in [4.78, 5) is 12.4. The fraction of sp³-hybridized carbons (Fsp3) is 0.364. The molecule has 0 bridgehead atoms. The molecule has 6 nitrogen and oxygen atoms in total. The van der Waals surface area contributed by atoms with Crippen molar-refractivity contribution in [2.45, 2.75) is 19.9 Å². The predicted molar refractivity (Wildman–Crippen MR) is 63.7 cm³/mol. The Hall–Kier alpha value is -2.11. The second-order valence-electron chi connectivity index (χ2n) is 3.57. The molecule has 0 saturated carbocycles. The third-order valence-electron chi connectivity index (χ3n) is 2.46. The highest BCUT2D eigenvalue weighted by Gasteiger charge is 2.07. The Balaban J connectivity index is 2.26. The number of rotatable bonds is 4. The first kappa shape index (κ1) is 11.4. The molecular weight excluding hydrogens is 218 g/mol. The summed E-state index contributed by atoms with van der Waals surface area (Å²) in [6.07, 6.45) is 4.33. The van der Waals surface area contributed by atoms with Crippen LogP contribution in [-0.4, -0.2) is 26.6 Å². The third-order valence-corrected chi connectivity index (χ3v) is 2.46. The highest BCUT2D eigenvalue weighted by Crippen LogP contribution is 2.13. The van der Waals surface area contributed by atoms with E-state index in [0.29, 0.717) is 12.3 Å². The molecular formula is C11H15N5O. The smallest absolute Gasteiger partial charge is 0.223 e. The van der Waals surface area contributed by atoms with Crippen LogP contribution in [0.2, 0.25) is 0 Å². The average molecular weight is 233 g/mol. The van der Waals surface area contributed by atoms with Gasteiger partial charge in [0, 0.05) is 31.4 Å². The maximum absolute atomic E-state index is 5.61. The van der Waals surface area contributed by atoms with Crippen LogP contribution in [0.5, 0.6) is 5.88 Å². The van der Waals surface area contributed by atoms with E-state index in [0.717, 1.165) is 18.1 Å². The zero-order chi connectivity index (χ0) is 12.3. The quantitative estimate of drug-likeness (QED) is 0.847. The second-order valence-corrected chi connectivity index (χ2v) is 3.57. The molecule has 2 N–H and O–H groups in total. The molecule has 0 saturated heterocycles. The minimum absolute atomic E-state index is 0.217. The molecule has 90 valence electrons. The van der Waals surface area contributed by atoms with Gasteiger partial charge in [0.05, 0.1) is 12.8 Å². The number of nitrogens with two attached hydrogens (primary N) is 1.